The Balaban J connectivity index is 0.00000121. The lowest BCUT2D eigenvalue weighted by Gasteiger charge is -2.18. The second kappa shape index (κ2) is 7.61. The number of aromatic nitrogens is 1. The molecular weight excluding hydrogens is 375 g/mol. The Kier molecular flexibility index (Phi) is 5.91. The summed E-state index contributed by atoms with van der Waals surface area (Å²) < 4.78 is 0. The number of carbonyl (C=O) groups is 2. The fourth-order valence-electron chi connectivity index (χ4n) is 2.95. The van der Waals surface area contributed by atoms with E-state index >= 15 is 0 Å². The highest BCUT2D eigenvalue weighted by Gasteiger charge is 2.46. The minimum Gasteiger partial charge on any atom is -0.324 e. The zero-order valence-electron chi connectivity index (χ0n) is 14.0. The molecule has 0 bridgehead atoms. The number of halogens is 2. The van der Waals surface area contributed by atoms with E-state index in [0.29, 0.717) is 12.1 Å². The van der Waals surface area contributed by atoms with Gasteiger partial charge in [-0.2, -0.15) is 0 Å². The Hall–Kier alpha value is -2.15. The fourth-order valence-corrected chi connectivity index (χ4v) is 2.95. The van der Waals surface area contributed by atoms with Crippen molar-refractivity contribution in [1.82, 2.24) is 4.98 Å². The van der Waals surface area contributed by atoms with E-state index in [1.54, 1.807) is 29.4 Å². The molecule has 26 heavy (non-hydrogen) atoms. The largest absolute Gasteiger partial charge is 0.324 e. The molecule has 0 atom stereocenters. The van der Waals surface area contributed by atoms with Crippen LogP contribution in [0, 0.1) is 0 Å². The molecule has 1 aliphatic heterocycles. The minimum atomic E-state index is -0.693. The summed E-state index contributed by atoms with van der Waals surface area (Å²) in [5, 5.41) is 2.87. The van der Waals surface area contributed by atoms with E-state index in [9.17, 15) is 9.59 Å². The average molecular weight is 395 g/mol. The van der Waals surface area contributed by atoms with Crippen LogP contribution in [0.3, 0.4) is 0 Å². The van der Waals surface area contributed by atoms with Crippen LogP contribution in [-0.4, -0.2) is 28.9 Å². The van der Waals surface area contributed by atoms with Crippen LogP contribution in [-0.2, 0) is 11.2 Å². The number of benzene rings is 1. The SMILES string of the molecule is Cl.Cl.NC1(C(=O)Nc2ccc3c(c2)CCN3C(=O)c2cccnc2)CC1. The van der Waals surface area contributed by atoms with Crippen LogP contribution < -0.4 is 16.0 Å². The van der Waals surface area contributed by atoms with Crippen LogP contribution >= 0.6 is 24.8 Å². The minimum absolute atomic E-state index is 0. The standard InChI is InChI=1S/C18H18N4O2.2ClH/c19-18(6-7-18)17(24)21-14-3-4-15-12(10-14)5-9-22(15)16(23)13-2-1-8-20-11-13;;/h1-4,8,10-11H,5-7,9,19H2,(H,21,24);2*1H. The molecular formula is C18H20Cl2N4O2. The Morgan fingerprint density at radius 1 is 1.19 bits per heavy atom. The fraction of sp³-hybridized carbons (Fsp3) is 0.278. The third-order valence-electron chi connectivity index (χ3n) is 4.63. The van der Waals surface area contributed by atoms with Gasteiger partial charge in [-0.25, -0.2) is 0 Å². The van der Waals surface area contributed by atoms with Crippen LogP contribution in [0.4, 0.5) is 11.4 Å². The summed E-state index contributed by atoms with van der Waals surface area (Å²) in [5.74, 6) is -0.193. The molecule has 1 aromatic heterocycles. The van der Waals surface area contributed by atoms with E-state index < -0.39 is 5.54 Å². The number of anilines is 2. The average Bonchev–Trinajstić information content (AvgIpc) is 3.22. The van der Waals surface area contributed by atoms with Gasteiger partial charge in [-0.15, -0.1) is 24.8 Å². The third kappa shape index (κ3) is 3.67. The summed E-state index contributed by atoms with van der Waals surface area (Å²) in [4.78, 5) is 30.4. The summed E-state index contributed by atoms with van der Waals surface area (Å²) in [6.45, 7) is 0.626. The van der Waals surface area contributed by atoms with Gasteiger partial charge in [0.15, 0.2) is 0 Å². The maximum Gasteiger partial charge on any atom is 0.259 e. The molecule has 3 N–H and O–H groups in total. The summed E-state index contributed by atoms with van der Waals surface area (Å²) in [7, 11) is 0. The molecule has 0 unspecified atom stereocenters. The van der Waals surface area contributed by atoms with Gasteiger partial charge < -0.3 is 16.0 Å². The van der Waals surface area contributed by atoms with E-state index in [-0.39, 0.29) is 36.6 Å². The van der Waals surface area contributed by atoms with E-state index in [4.69, 9.17) is 5.73 Å². The van der Waals surface area contributed by atoms with Gasteiger partial charge in [0.25, 0.3) is 5.91 Å². The van der Waals surface area contributed by atoms with Crippen molar-refractivity contribution >= 4 is 48.0 Å². The Morgan fingerprint density at radius 2 is 1.96 bits per heavy atom. The van der Waals surface area contributed by atoms with Crippen molar-refractivity contribution in [2.24, 2.45) is 5.73 Å². The van der Waals surface area contributed by atoms with Crippen molar-refractivity contribution in [3.8, 4) is 0 Å². The Labute approximate surface area is 164 Å². The molecule has 0 spiro atoms. The van der Waals surface area contributed by atoms with Gasteiger partial charge in [-0.3, -0.25) is 14.6 Å². The maximum absolute atomic E-state index is 12.6. The van der Waals surface area contributed by atoms with Gasteiger partial charge in [-0.05, 0) is 55.2 Å². The molecule has 0 saturated heterocycles. The predicted octanol–water partition coefficient (Wildman–Crippen LogP) is 2.56. The van der Waals surface area contributed by atoms with Crippen molar-refractivity contribution < 1.29 is 9.59 Å². The second-order valence-corrected chi connectivity index (χ2v) is 6.40. The summed E-state index contributed by atoms with van der Waals surface area (Å²) in [5.41, 5.74) is 8.44. The first-order chi connectivity index (χ1) is 11.6. The Morgan fingerprint density at radius 3 is 2.62 bits per heavy atom. The lowest BCUT2D eigenvalue weighted by atomic mass is 10.1. The van der Waals surface area contributed by atoms with E-state index in [1.165, 1.54) is 0 Å². The first-order valence-corrected chi connectivity index (χ1v) is 8.02. The van der Waals surface area contributed by atoms with Gasteiger partial charge in [0.1, 0.15) is 0 Å². The molecule has 4 rings (SSSR count). The molecule has 1 aromatic carbocycles. The van der Waals surface area contributed by atoms with Gasteiger partial charge in [-0.1, -0.05) is 0 Å². The molecule has 8 heteroatoms. The van der Waals surface area contributed by atoms with Crippen LogP contribution in [0.25, 0.3) is 0 Å². The van der Waals surface area contributed by atoms with E-state index in [2.05, 4.69) is 10.3 Å². The van der Waals surface area contributed by atoms with Crippen molar-refractivity contribution in [3.05, 3.63) is 53.9 Å². The highest BCUT2D eigenvalue weighted by Crippen LogP contribution is 2.35. The molecule has 1 aliphatic carbocycles. The molecule has 2 amide bonds. The zero-order chi connectivity index (χ0) is 16.7. The number of nitrogens with one attached hydrogen (secondary N) is 1. The third-order valence-corrected chi connectivity index (χ3v) is 4.63. The second-order valence-electron chi connectivity index (χ2n) is 6.40. The van der Waals surface area contributed by atoms with Crippen LogP contribution in [0.5, 0.6) is 0 Å². The van der Waals surface area contributed by atoms with E-state index in [1.807, 2.05) is 18.2 Å². The number of carbonyl (C=O) groups excluding carboxylic acids is 2. The van der Waals surface area contributed by atoms with Gasteiger partial charge in [0.2, 0.25) is 5.91 Å². The first kappa shape index (κ1) is 20.2. The van der Waals surface area contributed by atoms with E-state index in [0.717, 1.165) is 36.2 Å². The van der Waals surface area contributed by atoms with Gasteiger partial charge in [0.05, 0.1) is 11.1 Å². The van der Waals surface area contributed by atoms with Crippen molar-refractivity contribution in [1.29, 1.82) is 0 Å². The number of pyridine rings is 1. The molecule has 1 fully saturated rings. The van der Waals surface area contributed by atoms with Crippen LogP contribution in [0.2, 0.25) is 0 Å². The molecule has 2 heterocycles. The number of amides is 2. The van der Waals surface area contributed by atoms with Crippen molar-refractivity contribution in [3.63, 3.8) is 0 Å². The number of rotatable bonds is 3. The van der Waals surface area contributed by atoms with Gasteiger partial charge in [0, 0.05) is 30.3 Å². The summed E-state index contributed by atoms with van der Waals surface area (Å²) in [6.07, 6.45) is 5.45. The maximum atomic E-state index is 12.6. The molecule has 2 aliphatic rings. The van der Waals surface area contributed by atoms with Crippen LogP contribution in [0.15, 0.2) is 42.7 Å². The predicted molar refractivity (Wildman–Crippen MR) is 105 cm³/mol. The van der Waals surface area contributed by atoms with Crippen molar-refractivity contribution in [2.75, 3.05) is 16.8 Å². The van der Waals surface area contributed by atoms with Crippen LogP contribution in [0.1, 0.15) is 28.8 Å². The highest BCUT2D eigenvalue weighted by atomic mass is 35.5. The number of nitrogens with zero attached hydrogens (tertiary/aromatic N) is 2. The lowest BCUT2D eigenvalue weighted by Crippen LogP contribution is -2.37. The monoisotopic (exact) mass is 394 g/mol. The zero-order valence-corrected chi connectivity index (χ0v) is 15.6. The normalized spacial score (nSPS) is 16.0. The summed E-state index contributed by atoms with van der Waals surface area (Å²) >= 11 is 0. The summed E-state index contributed by atoms with van der Waals surface area (Å²) in [6, 6.07) is 9.14. The Bertz CT molecular complexity index is 825. The lowest BCUT2D eigenvalue weighted by molar-refractivity contribution is -0.118. The highest BCUT2D eigenvalue weighted by molar-refractivity contribution is 6.07. The molecule has 138 valence electrons. The molecule has 1 saturated carbocycles. The molecule has 6 nitrogen and oxygen atoms in total. The van der Waals surface area contributed by atoms with Gasteiger partial charge >= 0.3 is 0 Å². The molecule has 0 radical (unpaired) electrons. The van der Waals surface area contributed by atoms with Crippen molar-refractivity contribution in [2.45, 2.75) is 24.8 Å². The number of hydrogen-bond donors (Lipinski definition) is 2. The first-order valence-electron chi connectivity index (χ1n) is 8.02. The molecule has 2 aromatic rings. The smallest absolute Gasteiger partial charge is 0.259 e. The number of hydrogen-bond acceptors (Lipinski definition) is 4. The topological polar surface area (TPSA) is 88.3 Å². The number of nitrogens with two attached hydrogens (primary N) is 1. The number of fused-ring (bicyclic) bond motifs is 1. The quantitative estimate of drug-likeness (QED) is 0.836.